The van der Waals surface area contributed by atoms with Gasteiger partial charge in [-0.1, -0.05) is 62.2 Å². The molecule has 2 aromatic rings. The van der Waals surface area contributed by atoms with E-state index in [1.807, 2.05) is 73.7 Å². The molecule has 0 fully saturated rings. The van der Waals surface area contributed by atoms with Crippen LogP contribution in [0.1, 0.15) is 39.5 Å². The van der Waals surface area contributed by atoms with Crippen molar-refractivity contribution in [3.05, 3.63) is 72.8 Å². The van der Waals surface area contributed by atoms with E-state index in [2.05, 4.69) is 17.8 Å². The number of allylic oxidation sites excluding steroid dienone is 2. The van der Waals surface area contributed by atoms with Crippen LogP contribution in [0.5, 0.6) is 0 Å². The fourth-order valence-electron chi connectivity index (χ4n) is 2.55. The molecule has 0 aliphatic carbocycles. The van der Waals surface area contributed by atoms with E-state index >= 15 is 0 Å². The van der Waals surface area contributed by atoms with E-state index in [4.69, 9.17) is 0 Å². The smallest absolute Gasteiger partial charge is 0.247 e. The van der Waals surface area contributed by atoms with Gasteiger partial charge in [-0.15, -0.1) is 0 Å². The molecule has 2 nitrogen and oxygen atoms in total. The van der Waals surface area contributed by atoms with Crippen LogP contribution in [0.25, 0.3) is 0 Å². The zero-order valence-electron chi connectivity index (χ0n) is 14.6. The van der Waals surface area contributed by atoms with Gasteiger partial charge < -0.3 is 0 Å². The summed E-state index contributed by atoms with van der Waals surface area (Å²) in [7, 11) is -3.00. The normalized spacial score (nSPS) is 12.7. The lowest BCUT2D eigenvalue weighted by Crippen LogP contribution is -2.15. The first-order chi connectivity index (χ1) is 11.7. The molecule has 0 saturated carbocycles. The minimum absolute atomic E-state index is 0.773. The third-order valence-electron chi connectivity index (χ3n) is 3.84. The van der Waals surface area contributed by atoms with E-state index in [1.54, 1.807) is 0 Å². The highest BCUT2D eigenvalue weighted by atomic mass is 31.2. The van der Waals surface area contributed by atoms with Crippen molar-refractivity contribution in [3.63, 3.8) is 0 Å². The molecule has 0 heterocycles. The predicted octanol–water partition coefficient (Wildman–Crippen LogP) is 5.51. The summed E-state index contributed by atoms with van der Waals surface area (Å²) >= 11 is 0. The van der Waals surface area contributed by atoms with Gasteiger partial charge in [0, 0.05) is 16.3 Å². The summed E-state index contributed by atoms with van der Waals surface area (Å²) in [6.45, 7) is 4.13. The number of hydrogen-bond donors (Lipinski definition) is 0. The molecule has 24 heavy (non-hydrogen) atoms. The average molecular weight is 339 g/mol. The van der Waals surface area contributed by atoms with Gasteiger partial charge in [0.25, 0.3) is 0 Å². The van der Waals surface area contributed by atoms with Gasteiger partial charge in [-0.25, -0.2) is 4.76 Å². The molecule has 3 heteroatoms. The number of hydrogen-bond acceptors (Lipinski definition) is 1. The Hall–Kier alpha value is -1.92. The lowest BCUT2D eigenvalue weighted by Gasteiger charge is -2.15. The highest BCUT2D eigenvalue weighted by Crippen LogP contribution is 2.45. The SMILES string of the molecule is CCCCC/C=C/C(C)=N/P(=O)(c1ccccc1)c1ccccc1. The highest BCUT2D eigenvalue weighted by molar-refractivity contribution is 7.77. The molecule has 0 saturated heterocycles. The lowest BCUT2D eigenvalue weighted by molar-refractivity contribution is 0.588. The fourth-order valence-corrected chi connectivity index (χ4v) is 4.74. The number of benzene rings is 2. The molecular weight excluding hydrogens is 313 g/mol. The first kappa shape index (κ1) is 18.4. The van der Waals surface area contributed by atoms with E-state index in [9.17, 15) is 4.57 Å². The average Bonchev–Trinajstić information content (AvgIpc) is 2.63. The molecule has 2 aromatic carbocycles. The Bertz CT molecular complexity index is 677. The molecule has 0 spiro atoms. The maximum Gasteiger partial charge on any atom is 0.247 e. The van der Waals surface area contributed by atoms with Gasteiger partial charge in [0.05, 0.1) is 0 Å². The van der Waals surface area contributed by atoms with Crippen molar-refractivity contribution in [2.75, 3.05) is 0 Å². The van der Waals surface area contributed by atoms with Crippen molar-refractivity contribution in [1.82, 2.24) is 0 Å². The quantitative estimate of drug-likeness (QED) is 0.354. The third kappa shape index (κ3) is 5.04. The van der Waals surface area contributed by atoms with Crippen LogP contribution in [0.15, 0.2) is 77.6 Å². The Balaban J connectivity index is 2.31. The van der Waals surface area contributed by atoms with Crippen molar-refractivity contribution < 1.29 is 4.57 Å². The summed E-state index contributed by atoms with van der Waals surface area (Å²) in [6, 6.07) is 19.1. The molecule has 2 rings (SSSR count). The Kier molecular flexibility index (Phi) is 7.21. The van der Waals surface area contributed by atoms with Crippen molar-refractivity contribution >= 4 is 23.6 Å². The van der Waals surface area contributed by atoms with Crippen LogP contribution < -0.4 is 10.6 Å². The first-order valence-electron chi connectivity index (χ1n) is 8.61. The Morgan fingerprint density at radius 1 is 0.958 bits per heavy atom. The van der Waals surface area contributed by atoms with E-state index < -0.39 is 7.29 Å². The molecule has 0 radical (unpaired) electrons. The van der Waals surface area contributed by atoms with Gasteiger partial charge in [0.15, 0.2) is 0 Å². The first-order valence-corrected chi connectivity index (χ1v) is 10.3. The zero-order chi connectivity index (χ0) is 17.3. The van der Waals surface area contributed by atoms with Crippen molar-refractivity contribution in [1.29, 1.82) is 0 Å². The molecule has 0 aromatic heterocycles. The van der Waals surface area contributed by atoms with Gasteiger partial charge >= 0.3 is 0 Å². The summed E-state index contributed by atoms with van der Waals surface area (Å²) in [5.41, 5.74) is 0.808. The molecule has 0 aliphatic heterocycles. The van der Waals surface area contributed by atoms with Crippen LogP contribution >= 0.6 is 7.29 Å². The Labute approximate surface area is 145 Å². The van der Waals surface area contributed by atoms with Crippen LogP contribution in [0.3, 0.4) is 0 Å². The zero-order valence-corrected chi connectivity index (χ0v) is 15.5. The second-order valence-corrected chi connectivity index (χ2v) is 8.27. The molecule has 0 N–H and O–H groups in total. The van der Waals surface area contributed by atoms with Crippen molar-refractivity contribution in [2.24, 2.45) is 4.76 Å². The van der Waals surface area contributed by atoms with Crippen LogP contribution in [0.4, 0.5) is 0 Å². The molecule has 0 amide bonds. The van der Waals surface area contributed by atoms with Gasteiger partial charge in [0.2, 0.25) is 7.29 Å². The monoisotopic (exact) mass is 339 g/mol. The van der Waals surface area contributed by atoms with Crippen molar-refractivity contribution in [3.8, 4) is 0 Å². The number of rotatable bonds is 8. The molecule has 126 valence electrons. The van der Waals surface area contributed by atoms with E-state index in [-0.39, 0.29) is 0 Å². The maximum absolute atomic E-state index is 13.7. The van der Waals surface area contributed by atoms with Crippen LogP contribution in [-0.2, 0) is 4.57 Å². The number of unbranched alkanes of at least 4 members (excludes halogenated alkanes) is 3. The molecule has 0 unspecified atom stereocenters. The van der Waals surface area contributed by atoms with E-state index in [1.165, 1.54) is 19.3 Å². The minimum atomic E-state index is -3.00. The van der Waals surface area contributed by atoms with Crippen LogP contribution in [0, 0.1) is 0 Å². The van der Waals surface area contributed by atoms with Gasteiger partial charge in [0.1, 0.15) is 0 Å². The Morgan fingerprint density at radius 2 is 1.50 bits per heavy atom. The standard InChI is InChI=1S/C21H26NOP/c1-3-4-5-6-9-14-19(2)22-24(23,20-15-10-7-11-16-20)21-17-12-8-13-18-21/h7-18H,3-6H2,1-2H3/b14-9+,22-19+. The fraction of sp³-hybridized carbons (Fsp3) is 0.286. The molecule has 0 bridgehead atoms. The second-order valence-electron chi connectivity index (χ2n) is 5.89. The van der Waals surface area contributed by atoms with Crippen LogP contribution in [-0.4, -0.2) is 5.71 Å². The topological polar surface area (TPSA) is 29.4 Å². The largest absolute Gasteiger partial charge is 0.288 e. The van der Waals surface area contributed by atoms with E-state index in [0.717, 1.165) is 22.7 Å². The predicted molar refractivity (Wildman–Crippen MR) is 106 cm³/mol. The summed E-state index contributed by atoms with van der Waals surface area (Å²) in [6.07, 6.45) is 8.82. The second kappa shape index (κ2) is 9.39. The molecule has 0 atom stereocenters. The Morgan fingerprint density at radius 3 is 2.00 bits per heavy atom. The van der Waals surface area contributed by atoms with E-state index in [0.29, 0.717) is 0 Å². The van der Waals surface area contributed by atoms with Crippen LogP contribution in [0.2, 0.25) is 0 Å². The summed E-state index contributed by atoms with van der Waals surface area (Å²) < 4.78 is 18.4. The molecular formula is C21H26NOP. The van der Waals surface area contributed by atoms with Gasteiger partial charge in [-0.2, -0.15) is 0 Å². The highest BCUT2D eigenvalue weighted by Gasteiger charge is 2.26. The van der Waals surface area contributed by atoms with Gasteiger partial charge in [-0.05, 0) is 50.1 Å². The van der Waals surface area contributed by atoms with Crippen molar-refractivity contribution in [2.45, 2.75) is 39.5 Å². The summed E-state index contributed by atoms with van der Waals surface area (Å²) in [5, 5.41) is 1.55. The number of nitrogens with zero attached hydrogens (tertiary/aromatic N) is 1. The minimum Gasteiger partial charge on any atom is -0.288 e. The lowest BCUT2D eigenvalue weighted by atomic mass is 10.2. The summed E-state index contributed by atoms with van der Waals surface area (Å²) in [4.78, 5) is 0. The maximum atomic E-state index is 13.7. The molecule has 0 aliphatic rings. The summed E-state index contributed by atoms with van der Waals surface area (Å²) in [5.74, 6) is 0. The van der Waals surface area contributed by atoms with Gasteiger partial charge in [-0.3, -0.25) is 4.57 Å². The third-order valence-corrected chi connectivity index (χ3v) is 6.44.